The van der Waals surface area contributed by atoms with E-state index in [1.807, 2.05) is 20.8 Å². The maximum atomic E-state index is 11.3. The minimum Gasteiger partial charge on any atom is -0.445 e. The molecule has 1 heterocycles. The topological polar surface area (TPSA) is 67.6 Å². The molecule has 0 spiro atoms. The van der Waals surface area contributed by atoms with Crippen molar-refractivity contribution in [3.05, 3.63) is 0 Å². The molecule has 1 fully saturated rings. The van der Waals surface area contributed by atoms with Gasteiger partial charge < -0.3 is 10.1 Å². The predicted octanol–water partition coefficient (Wildman–Crippen LogP) is 0.459. The zero-order chi connectivity index (χ0) is 10.8. The lowest BCUT2D eigenvalue weighted by atomic mass is 10.1. The molecule has 1 amide bonds. The number of alkyl carbamates (subject to hydrolysis) is 1. The second-order valence-electron chi connectivity index (χ2n) is 4.69. The van der Waals surface area contributed by atoms with Crippen molar-refractivity contribution < 1.29 is 9.53 Å². The number of hydrogen-bond donors (Lipinski definition) is 2. The number of amides is 1. The summed E-state index contributed by atoms with van der Waals surface area (Å²) in [5.74, 6) is 5.55. The number of hydrogen-bond acceptors (Lipinski definition) is 4. The largest absolute Gasteiger partial charge is 0.445 e. The normalized spacial score (nSPS) is 23.6. The SMILES string of the molecule is CC(C)(C)NC(=O)OC1CCN(N)C1. The summed E-state index contributed by atoms with van der Waals surface area (Å²) in [5, 5.41) is 4.40. The first kappa shape index (κ1) is 11.3. The van der Waals surface area contributed by atoms with Gasteiger partial charge in [0.15, 0.2) is 0 Å². The van der Waals surface area contributed by atoms with E-state index >= 15 is 0 Å². The van der Waals surface area contributed by atoms with Crippen molar-refractivity contribution in [1.29, 1.82) is 0 Å². The molecule has 5 heteroatoms. The highest BCUT2D eigenvalue weighted by molar-refractivity contribution is 5.68. The maximum Gasteiger partial charge on any atom is 0.407 e. The molecule has 0 bridgehead atoms. The number of carbonyl (C=O) groups excluding carboxylic acids is 1. The molecular weight excluding hydrogens is 182 g/mol. The van der Waals surface area contributed by atoms with Gasteiger partial charge in [0.1, 0.15) is 6.10 Å². The summed E-state index contributed by atoms with van der Waals surface area (Å²) in [4.78, 5) is 11.3. The highest BCUT2D eigenvalue weighted by Gasteiger charge is 2.24. The Kier molecular flexibility index (Phi) is 3.34. The summed E-state index contributed by atoms with van der Waals surface area (Å²) in [5.41, 5.74) is -0.252. The molecule has 1 unspecified atom stereocenters. The third kappa shape index (κ3) is 3.93. The highest BCUT2D eigenvalue weighted by Crippen LogP contribution is 2.09. The van der Waals surface area contributed by atoms with Crippen LogP contribution in [0.5, 0.6) is 0 Å². The van der Waals surface area contributed by atoms with Crippen LogP contribution in [0.1, 0.15) is 27.2 Å². The summed E-state index contributed by atoms with van der Waals surface area (Å²) in [7, 11) is 0. The van der Waals surface area contributed by atoms with E-state index in [-0.39, 0.29) is 17.7 Å². The van der Waals surface area contributed by atoms with Crippen LogP contribution >= 0.6 is 0 Å². The summed E-state index contributed by atoms with van der Waals surface area (Å²) in [6.45, 7) is 7.15. The molecule has 0 aromatic heterocycles. The summed E-state index contributed by atoms with van der Waals surface area (Å²) in [6.07, 6.45) is 0.383. The summed E-state index contributed by atoms with van der Waals surface area (Å²) in [6, 6.07) is 0. The van der Waals surface area contributed by atoms with E-state index in [9.17, 15) is 4.79 Å². The molecule has 0 aromatic rings. The van der Waals surface area contributed by atoms with Crippen molar-refractivity contribution in [2.45, 2.75) is 38.8 Å². The molecule has 0 aromatic carbocycles. The second kappa shape index (κ2) is 4.14. The molecule has 0 aliphatic carbocycles. The van der Waals surface area contributed by atoms with Crippen LogP contribution in [0.2, 0.25) is 0 Å². The highest BCUT2D eigenvalue weighted by atomic mass is 16.6. The van der Waals surface area contributed by atoms with Gasteiger partial charge in [-0.3, -0.25) is 5.84 Å². The Morgan fingerprint density at radius 1 is 1.57 bits per heavy atom. The van der Waals surface area contributed by atoms with Gasteiger partial charge in [0.05, 0.1) is 6.54 Å². The minimum atomic E-state index is -0.363. The molecule has 1 aliphatic heterocycles. The molecule has 82 valence electrons. The van der Waals surface area contributed by atoms with Gasteiger partial charge in [-0.05, 0) is 27.2 Å². The lowest BCUT2D eigenvalue weighted by molar-refractivity contribution is 0.0943. The van der Waals surface area contributed by atoms with Crippen LogP contribution in [0, 0.1) is 0 Å². The van der Waals surface area contributed by atoms with Crippen molar-refractivity contribution in [3.63, 3.8) is 0 Å². The van der Waals surface area contributed by atoms with Crippen LogP contribution < -0.4 is 11.2 Å². The van der Waals surface area contributed by atoms with Crippen LogP contribution in [-0.4, -0.2) is 35.8 Å². The van der Waals surface area contributed by atoms with Crippen LogP contribution in [0.25, 0.3) is 0 Å². The van der Waals surface area contributed by atoms with E-state index in [0.717, 1.165) is 13.0 Å². The standard InChI is InChI=1S/C9H19N3O2/c1-9(2,3)11-8(13)14-7-4-5-12(10)6-7/h7H,4-6,10H2,1-3H3,(H,11,13). The van der Waals surface area contributed by atoms with Gasteiger partial charge in [-0.25, -0.2) is 9.80 Å². The van der Waals surface area contributed by atoms with Crippen LogP contribution in [-0.2, 0) is 4.74 Å². The third-order valence-electron chi connectivity index (χ3n) is 1.93. The van der Waals surface area contributed by atoms with Crippen molar-refractivity contribution in [1.82, 2.24) is 10.3 Å². The van der Waals surface area contributed by atoms with Crippen LogP contribution in [0.15, 0.2) is 0 Å². The molecule has 0 saturated carbocycles. The zero-order valence-corrected chi connectivity index (χ0v) is 9.04. The second-order valence-corrected chi connectivity index (χ2v) is 4.69. The molecule has 1 atom stereocenters. The Balaban J connectivity index is 2.27. The van der Waals surface area contributed by atoms with Crippen LogP contribution in [0.4, 0.5) is 4.79 Å². The average Bonchev–Trinajstić information content (AvgIpc) is 2.30. The van der Waals surface area contributed by atoms with E-state index in [4.69, 9.17) is 10.6 Å². The van der Waals surface area contributed by atoms with Gasteiger partial charge in [0, 0.05) is 12.1 Å². The Bertz CT molecular complexity index is 213. The average molecular weight is 201 g/mol. The van der Waals surface area contributed by atoms with Gasteiger partial charge in [-0.2, -0.15) is 0 Å². The van der Waals surface area contributed by atoms with E-state index in [1.165, 1.54) is 0 Å². The number of nitrogens with one attached hydrogen (secondary N) is 1. The predicted molar refractivity (Wildman–Crippen MR) is 53.5 cm³/mol. The van der Waals surface area contributed by atoms with Crippen molar-refractivity contribution in [2.24, 2.45) is 5.84 Å². The van der Waals surface area contributed by atoms with E-state index in [0.29, 0.717) is 6.54 Å². The molecule has 0 radical (unpaired) electrons. The number of carbonyl (C=O) groups is 1. The summed E-state index contributed by atoms with van der Waals surface area (Å²) >= 11 is 0. The quantitative estimate of drug-likeness (QED) is 0.605. The molecule has 5 nitrogen and oxygen atoms in total. The minimum absolute atomic E-state index is 0.0673. The lowest BCUT2D eigenvalue weighted by Gasteiger charge is -2.21. The number of nitrogens with two attached hydrogens (primary N) is 1. The Hall–Kier alpha value is -0.810. The molecule has 1 aliphatic rings. The maximum absolute atomic E-state index is 11.3. The van der Waals surface area contributed by atoms with Crippen LogP contribution in [0.3, 0.4) is 0 Å². The number of ether oxygens (including phenoxy) is 1. The van der Waals surface area contributed by atoms with Gasteiger partial charge in [0.2, 0.25) is 0 Å². The van der Waals surface area contributed by atoms with Crippen molar-refractivity contribution in [3.8, 4) is 0 Å². The first-order chi connectivity index (χ1) is 6.37. The van der Waals surface area contributed by atoms with Crippen molar-refractivity contribution >= 4 is 6.09 Å². The zero-order valence-electron chi connectivity index (χ0n) is 9.04. The first-order valence-electron chi connectivity index (χ1n) is 4.85. The fourth-order valence-corrected chi connectivity index (χ4v) is 1.34. The number of rotatable bonds is 1. The van der Waals surface area contributed by atoms with E-state index in [2.05, 4.69) is 5.32 Å². The van der Waals surface area contributed by atoms with Gasteiger partial charge in [-0.1, -0.05) is 0 Å². The number of hydrazine groups is 1. The van der Waals surface area contributed by atoms with Crippen molar-refractivity contribution in [2.75, 3.05) is 13.1 Å². The first-order valence-corrected chi connectivity index (χ1v) is 4.85. The monoisotopic (exact) mass is 201 g/mol. The van der Waals surface area contributed by atoms with Gasteiger partial charge in [0.25, 0.3) is 0 Å². The Morgan fingerprint density at radius 3 is 2.64 bits per heavy atom. The molecular formula is C9H19N3O2. The molecule has 1 saturated heterocycles. The van der Waals surface area contributed by atoms with E-state index in [1.54, 1.807) is 5.01 Å². The smallest absolute Gasteiger partial charge is 0.407 e. The molecule has 3 N–H and O–H groups in total. The third-order valence-corrected chi connectivity index (χ3v) is 1.93. The van der Waals surface area contributed by atoms with E-state index < -0.39 is 0 Å². The fraction of sp³-hybridized carbons (Fsp3) is 0.889. The fourth-order valence-electron chi connectivity index (χ4n) is 1.34. The Morgan fingerprint density at radius 2 is 2.21 bits per heavy atom. The molecule has 14 heavy (non-hydrogen) atoms. The van der Waals surface area contributed by atoms with Gasteiger partial charge >= 0.3 is 6.09 Å². The summed E-state index contributed by atoms with van der Waals surface area (Å²) < 4.78 is 5.19. The Labute approximate surface area is 84.5 Å². The lowest BCUT2D eigenvalue weighted by Crippen LogP contribution is -2.42. The number of nitrogens with zero attached hydrogens (tertiary/aromatic N) is 1. The molecule has 1 rings (SSSR count). The van der Waals surface area contributed by atoms with Gasteiger partial charge in [-0.15, -0.1) is 0 Å².